The van der Waals surface area contributed by atoms with E-state index in [1.807, 2.05) is 0 Å². The molecule has 0 aromatic rings. The summed E-state index contributed by atoms with van der Waals surface area (Å²) < 4.78 is 13.0. The van der Waals surface area contributed by atoms with Crippen LogP contribution >= 0.6 is 22.6 Å². The van der Waals surface area contributed by atoms with Crippen LogP contribution in [0.4, 0.5) is 0 Å². The van der Waals surface area contributed by atoms with Gasteiger partial charge in [-0.2, -0.15) is 0 Å². The van der Waals surface area contributed by atoms with Crippen molar-refractivity contribution < 1.29 is 9.47 Å². The van der Waals surface area contributed by atoms with Crippen molar-refractivity contribution in [2.24, 2.45) is 0 Å². The van der Waals surface area contributed by atoms with Gasteiger partial charge in [0.2, 0.25) is 0 Å². The van der Waals surface area contributed by atoms with Gasteiger partial charge in [0.15, 0.2) is 6.29 Å². The van der Waals surface area contributed by atoms with Gasteiger partial charge in [0.25, 0.3) is 0 Å². The summed E-state index contributed by atoms with van der Waals surface area (Å²) in [5.41, 5.74) is 0. The number of rotatable bonds is 18. The van der Waals surface area contributed by atoms with E-state index in [9.17, 15) is 0 Å². The van der Waals surface area contributed by atoms with Crippen molar-refractivity contribution in [1.82, 2.24) is 0 Å². The fourth-order valence-electron chi connectivity index (χ4n) is 2.34. The predicted molar refractivity (Wildman–Crippen MR) is 110 cm³/mol. The predicted octanol–water partition coefficient (Wildman–Crippen LogP) is 7.06. The van der Waals surface area contributed by atoms with Gasteiger partial charge in [0.1, 0.15) is 0 Å². The van der Waals surface area contributed by atoms with E-state index >= 15 is 0 Å². The standard InChI is InChI=1S/C20H39IO2/c1-3-5-18-22-20(23-19-6-4-2)16-14-12-10-8-7-9-11-13-15-17-21/h11,13,20H,3-10,12,14-19H2,1-2H3/b13-11+. The van der Waals surface area contributed by atoms with Gasteiger partial charge >= 0.3 is 0 Å². The molecule has 0 amide bonds. The molecular weight excluding hydrogens is 399 g/mol. The summed E-state index contributed by atoms with van der Waals surface area (Å²) in [6.45, 7) is 6.09. The van der Waals surface area contributed by atoms with Crippen LogP contribution in [0.3, 0.4) is 0 Å². The fourth-order valence-corrected chi connectivity index (χ4v) is 2.69. The number of halogens is 1. The molecule has 0 bridgehead atoms. The van der Waals surface area contributed by atoms with Crippen molar-refractivity contribution in [3.8, 4) is 0 Å². The third-order valence-corrected chi connectivity index (χ3v) is 4.48. The normalized spacial score (nSPS) is 11.8. The quantitative estimate of drug-likeness (QED) is 0.0750. The first-order chi connectivity index (χ1) is 11.3. The lowest BCUT2D eigenvalue weighted by atomic mass is 10.1. The topological polar surface area (TPSA) is 18.5 Å². The van der Waals surface area contributed by atoms with Gasteiger partial charge in [-0.3, -0.25) is 0 Å². The molecule has 0 saturated heterocycles. The second-order valence-corrected chi connectivity index (χ2v) is 7.25. The number of hydrogen-bond acceptors (Lipinski definition) is 2. The van der Waals surface area contributed by atoms with Crippen LogP contribution in [-0.2, 0) is 9.47 Å². The SMILES string of the molecule is CCCCOC(CCCCCCC/C=C/CCI)OCCCC. The Balaban J connectivity index is 3.55. The summed E-state index contributed by atoms with van der Waals surface area (Å²) in [6, 6.07) is 0. The summed E-state index contributed by atoms with van der Waals surface area (Å²) in [4.78, 5) is 0. The first-order valence-electron chi connectivity index (χ1n) is 9.79. The van der Waals surface area contributed by atoms with Crippen molar-refractivity contribution in [3.05, 3.63) is 12.2 Å². The second kappa shape index (κ2) is 20.4. The summed E-state index contributed by atoms with van der Waals surface area (Å²) in [6.07, 6.45) is 19.4. The molecule has 0 unspecified atom stereocenters. The first kappa shape index (κ1) is 23.4. The minimum absolute atomic E-state index is 0.0318. The third kappa shape index (κ3) is 18.6. The number of ether oxygens (including phenoxy) is 2. The van der Waals surface area contributed by atoms with E-state index < -0.39 is 0 Å². The maximum Gasteiger partial charge on any atom is 0.157 e. The van der Waals surface area contributed by atoms with Gasteiger partial charge in [-0.25, -0.2) is 0 Å². The zero-order chi connectivity index (χ0) is 17.0. The number of unbranched alkanes of at least 4 members (excludes halogenated alkanes) is 7. The van der Waals surface area contributed by atoms with Gasteiger partial charge < -0.3 is 9.47 Å². The van der Waals surface area contributed by atoms with Gasteiger partial charge in [0, 0.05) is 17.6 Å². The maximum absolute atomic E-state index is 5.88. The number of alkyl halides is 1. The van der Waals surface area contributed by atoms with Gasteiger partial charge in [-0.05, 0) is 44.9 Å². The molecule has 0 aliphatic carbocycles. The zero-order valence-corrected chi connectivity index (χ0v) is 17.7. The van der Waals surface area contributed by atoms with Gasteiger partial charge in [0.05, 0.1) is 0 Å². The molecule has 0 saturated carbocycles. The molecule has 0 aliphatic rings. The van der Waals surface area contributed by atoms with Crippen LogP contribution in [0.15, 0.2) is 12.2 Å². The van der Waals surface area contributed by atoms with E-state index in [-0.39, 0.29) is 6.29 Å². The molecule has 0 N–H and O–H groups in total. The molecule has 0 radical (unpaired) electrons. The Kier molecular flexibility index (Phi) is 20.8. The van der Waals surface area contributed by atoms with E-state index in [0.717, 1.165) is 32.5 Å². The molecule has 0 atom stereocenters. The highest BCUT2D eigenvalue weighted by atomic mass is 127. The lowest BCUT2D eigenvalue weighted by Gasteiger charge is -2.18. The molecule has 0 aromatic carbocycles. The molecule has 0 aromatic heterocycles. The molecule has 23 heavy (non-hydrogen) atoms. The molecule has 3 heteroatoms. The van der Waals surface area contributed by atoms with E-state index in [0.29, 0.717) is 0 Å². The molecule has 0 rings (SSSR count). The summed E-state index contributed by atoms with van der Waals surface area (Å²) >= 11 is 2.42. The Morgan fingerprint density at radius 1 is 0.739 bits per heavy atom. The smallest absolute Gasteiger partial charge is 0.157 e. The van der Waals surface area contributed by atoms with Gasteiger partial charge in [-0.1, -0.05) is 80.7 Å². The third-order valence-electron chi connectivity index (χ3n) is 3.86. The highest BCUT2D eigenvalue weighted by molar-refractivity contribution is 14.1. The fraction of sp³-hybridized carbons (Fsp3) is 0.900. The van der Waals surface area contributed by atoms with Crippen molar-refractivity contribution in [2.75, 3.05) is 17.6 Å². The average molecular weight is 438 g/mol. The molecule has 0 aliphatic heterocycles. The maximum atomic E-state index is 5.88. The van der Waals surface area contributed by atoms with Crippen LogP contribution < -0.4 is 0 Å². The second-order valence-electron chi connectivity index (χ2n) is 6.17. The van der Waals surface area contributed by atoms with Gasteiger partial charge in [-0.15, -0.1) is 0 Å². The van der Waals surface area contributed by atoms with E-state index in [4.69, 9.17) is 9.47 Å². The van der Waals surface area contributed by atoms with Crippen LogP contribution in [0.5, 0.6) is 0 Å². The minimum Gasteiger partial charge on any atom is -0.353 e. The summed E-state index contributed by atoms with van der Waals surface area (Å²) in [5.74, 6) is 0. The summed E-state index contributed by atoms with van der Waals surface area (Å²) in [7, 11) is 0. The Hall–Kier alpha value is 0.390. The van der Waals surface area contributed by atoms with Crippen molar-refractivity contribution >= 4 is 22.6 Å². The number of allylic oxidation sites excluding steroid dienone is 2. The van der Waals surface area contributed by atoms with Crippen molar-refractivity contribution in [2.45, 2.75) is 97.2 Å². The summed E-state index contributed by atoms with van der Waals surface area (Å²) in [5, 5.41) is 0. The van der Waals surface area contributed by atoms with Crippen molar-refractivity contribution in [1.29, 1.82) is 0 Å². The molecule has 138 valence electrons. The first-order valence-corrected chi connectivity index (χ1v) is 11.3. The highest BCUT2D eigenvalue weighted by Gasteiger charge is 2.08. The van der Waals surface area contributed by atoms with E-state index in [2.05, 4.69) is 48.6 Å². The average Bonchev–Trinajstić information content (AvgIpc) is 2.56. The molecule has 0 spiro atoms. The molecule has 0 heterocycles. The van der Waals surface area contributed by atoms with Crippen LogP contribution in [0.25, 0.3) is 0 Å². The Morgan fingerprint density at radius 3 is 1.91 bits per heavy atom. The van der Waals surface area contributed by atoms with Crippen LogP contribution in [0, 0.1) is 0 Å². The van der Waals surface area contributed by atoms with E-state index in [1.165, 1.54) is 62.2 Å². The lowest BCUT2D eigenvalue weighted by Crippen LogP contribution is -2.18. The van der Waals surface area contributed by atoms with Crippen molar-refractivity contribution in [3.63, 3.8) is 0 Å². The van der Waals surface area contributed by atoms with Crippen LogP contribution in [0.1, 0.15) is 90.9 Å². The van der Waals surface area contributed by atoms with Crippen LogP contribution in [0.2, 0.25) is 0 Å². The number of hydrogen-bond donors (Lipinski definition) is 0. The molecule has 0 fully saturated rings. The molecular formula is C20H39IO2. The van der Waals surface area contributed by atoms with Crippen LogP contribution in [-0.4, -0.2) is 23.9 Å². The largest absolute Gasteiger partial charge is 0.353 e. The Morgan fingerprint density at radius 2 is 1.30 bits per heavy atom. The zero-order valence-electron chi connectivity index (χ0n) is 15.5. The highest BCUT2D eigenvalue weighted by Crippen LogP contribution is 2.13. The van der Waals surface area contributed by atoms with E-state index in [1.54, 1.807) is 0 Å². The minimum atomic E-state index is 0.0318. The monoisotopic (exact) mass is 438 g/mol. The lowest BCUT2D eigenvalue weighted by molar-refractivity contribution is -0.147. The Bertz CT molecular complexity index is 234. The Labute approximate surface area is 158 Å². The molecule has 2 nitrogen and oxygen atoms in total.